The Bertz CT molecular complexity index is 626. The van der Waals surface area contributed by atoms with Crippen LogP contribution in [0.4, 0.5) is 14.5 Å². The number of sulfonamides is 1. The summed E-state index contributed by atoms with van der Waals surface area (Å²) in [6, 6.07) is 3.46. The summed E-state index contributed by atoms with van der Waals surface area (Å²) >= 11 is 0. The van der Waals surface area contributed by atoms with Crippen molar-refractivity contribution in [3.63, 3.8) is 0 Å². The van der Waals surface area contributed by atoms with Crippen LogP contribution in [0, 0.1) is 28.9 Å². The van der Waals surface area contributed by atoms with E-state index in [0.29, 0.717) is 0 Å². The minimum Gasteiger partial charge on any atom is -0.394 e. The summed E-state index contributed by atoms with van der Waals surface area (Å²) in [5.41, 5.74) is 4.28. The quantitative estimate of drug-likeness (QED) is 0.847. The molecule has 0 bridgehead atoms. The Morgan fingerprint density at radius 3 is 2.58 bits per heavy atom. The van der Waals surface area contributed by atoms with Crippen LogP contribution < -0.4 is 5.73 Å². The van der Waals surface area contributed by atoms with Crippen molar-refractivity contribution in [3.8, 4) is 6.07 Å². The maximum absolute atomic E-state index is 13.7. The fourth-order valence-corrected chi connectivity index (χ4v) is 2.77. The van der Waals surface area contributed by atoms with E-state index in [1.54, 1.807) is 0 Å². The van der Waals surface area contributed by atoms with E-state index in [1.807, 2.05) is 6.07 Å². The zero-order chi connectivity index (χ0) is 14.8. The summed E-state index contributed by atoms with van der Waals surface area (Å²) in [6.45, 7) is 1.43. The van der Waals surface area contributed by atoms with Gasteiger partial charge in [0.1, 0.15) is 16.4 Å². The third-order valence-corrected chi connectivity index (χ3v) is 4.37. The Kier molecular flexibility index (Phi) is 4.44. The van der Waals surface area contributed by atoms with Gasteiger partial charge in [-0.2, -0.15) is 9.57 Å². The van der Waals surface area contributed by atoms with Gasteiger partial charge in [-0.3, -0.25) is 0 Å². The van der Waals surface area contributed by atoms with Crippen molar-refractivity contribution in [2.24, 2.45) is 5.92 Å². The normalized spacial score (nSPS) is 13.3. The zero-order valence-corrected chi connectivity index (χ0v) is 11.2. The smallest absolute Gasteiger partial charge is 0.245 e. The molecule has 0 aromatic heterocycles. The molecule has 5 nitrogen and oxygen atoms in total. The summed E-state index contributed by atoms with van der Waals surface area (Å²) in [5.74, 6) is -2.90. The Hall–Kier alpha value is -1.72. The van der Waals surface area contributed by atoms with Crippen molar-refractivity contribution >= 4 is 15.7 Å². The summed E-state index contributed by atoms with van der Waals surface area (Å²) in [7, 11) is -2.94. The number of hydrogen-bond donors (Lipinski definition) is 1. The lowest BCUT2D eigenvalue weighted by Gasteiger charge is -2.19. The molecular weight excluding hydrogens is 276 g/mol. The number of rotatable bonds is 4. The van der Waals surface area contributed by atoms with Gasteiger partial charge in [-0.1, -0.05) is 0 Å². The number of nitrogens with zero attached hydrogens (tertiary/aromatic N) is 2. The van der Waals surface area contributed by atoms with Gasteiger partial charge >= 0.3 is 0 Å². The molecule has 0 aliphatic heterocycles. The van der Waals surface area contributed by atoms with Crippen LogP contribution in [0.2, 0.25) is 0 Å². The number of nitriles is 1. The second kappa shape index (κ2) is 5.50. The Labute approximate surface area is 110 Å². The predicted molar refractivity (Wildman–Crippen MR) is 65.4 cm³/mol. The molecule has 0 saturated heterocycles. The lowest BCUT2D eigenvalue weighted by atomic mass is 10.2. The SMILES string of the molecule is CC(C#N)CN(C)S(=O)(=O)c1ccc(F)c(N)c1F. The number of benzene rings is 1. The molecule has 0 heterocycles. The van der Waals surface area contributed by atoms with Gasteiger partial charge < -0.3 is 5.73 Å². The molecule has 2 N–H and O–H groups in total. The van der Waals surface area contributed by atoms with Crippen LogP contribution in [0.15, 0.2) is 17.0 Å². The monoisotopic (exact) mass is 289 g/mol. The first-order valence-electron chi connectivity index (χ1n) is 5.31. The highest BCUT2D eigenvalue weighted by Crippen LogP contribution is 2.25. The molecule has 1 atom stereocenters. The molecule has 1 rings (SSSR count). The van der Waals surface area contributed by atoms with Crippen LogP contribution in [0.3, 0.4) is 0 Å². The molecule has 1 aromatic rings. The van der Waals surface area contributed by atoms with E-state index in [2.05, 4.69) is 0 Å². The highest BCUT2D eigenvalue weighted by atomic mass is 32.2. The predicted octanol–water partition coefficient (Wildman–Crippen LogP) is 1.33. The largest absolute Gasteiger partial charge is 0.394 e. The molecule has 104 valence electrons. The topological polar surface area (TPSA) is 87.2 Å². The molecule has 0 fully saturated rings. The van der Waals surface area contributed by atoms with Gasteiger partial charge in [0.25, 0.3) is 0 Å². The fraction of sp³-hybridized carbons (Fsp3) is 0.364. The van der Waals surface area contributed by atoms with Gasteiger partial charge in [0.2, 0.25) is 10.0 Å². The van der Waals surface area contributed by atoms with E-state index in [4.69, 9.17) is 11.0 Å². The van der Waals surface area contributed by atoms with Crippen LogP contribution in [-0.4, -0.2) is 26.3 Å². The number of nitrogen functional groups attached to an aromatic ring is 1. The molecule has 8 heteroatoms. The minimum absolute atomic E-state index is 0.102. The van der Waals surface area contributed by atoms with Crippen LogP contribution in [0.25, 0.3) is 0 Å². The molecule has 0 aliphatic carbocycles. The van der Waals surface area contributed by atoms with Crippen molar-refractivity contribution < 1.29 is 17.2 Å². The lowest BCUT2D eigenvalue weighted by molar-refractivity contribution is 0.434. The van der Waals surface area contributed by atoms with Gasteiger partial charge in [0.05, 0.1) is 12.0 Å². The number of nitrogens with two attached hydrogens (primary N) is 1. The van der Waals surface area contributed by atoms with Crippen LogP contribution in [0.5, 0.6) is 0 Å². The molecule has 0 saturated carbocycles. The van der Waals surface area contributed by atoms with Crippen molar-refractivity contribution in [3.05, 3.63) is 23.8 Å². The van der Waals surface area contributed by atoms with Crippen LogP contribution in [-0.2, 0) is 10.0 Å². The first-order chi connectivity index (χ1) is 8.71. The molecular formula is C11H13F2N3O2S. The molecule has 1 unspecified atom stereocenters. The maximum Gasteiger partial charge on any atom is 0.245 e. The average Bonchev–Trinajstić information content (AvgIpc) is 2.35. The maximum atomic E-state index is 13.7. The summed E-state index contributed by atoms with van der Waals surface area (Å²) in [6.07, 6.45) is 0. The van der Waals surface area contributed by atoms with Crippen molar-refractivity contribution in [1.82, 2.24) is 4.31 Å². The summed E-state index contributed by atoms with van der Waals surface area (Å²) in [5, 5.41) is 8.64. The third-order valence-electron chi connectivity index (χ3n) is 2.53. The second-order valence-electron chi connectivity index (χ2n) is 4.09. The van der Waals surface area contributed by atoms with Crippen molar-refractivity contribution in [1.29, 1.82) is 5.26 Å². The number of halogens is 2. The van der Waals surface area contributed by atoms with Crippen molar-refractivity contribution in [2.75, 3.05) is 19.3 Å². The van der Waals surface area contributed by atoms with Gasteiger partial charge in [-0.15, -0.1) is 0 Å². The standard InChI is InChI=1S/C11H13F2N3O2S/c1-7(5-14)6-16(2)19(17,18)9-4-3-8(12)11(15)10(9)13/h3-4,7H,6,15H2,1-2H3. The molecule has 0 radical (unpaired) electrons. The van der Waals surface area contributed by atoms with E-state index in [-0.39, 0.29) is 6.54 Å². The summed E-state index contributed by atoms with van der Waals surface area (Å²) in [4.78, 5) is -0.709. The summed E-state index contributed by atoms with van der Waals surface area (Å²) < 4.78 is 51.7. The van der Waals surface area contributed by atoms with Gasteiger partial charge in [-0.05, 0) is 19.1 Å². The highest BCUT2D eigenvalue weighted by molar-refractivity contribution is 7.89. The fourth-order valence-electron chi connectivity index (χ4n) is 1.44. The van der Waals surface area contributed by atoms with Gasteiger partial charge in [0.15, 0.2) is 5.82 Å². The molecule has 0 aliphatic rings. The van der Waals surface area contributed by atoms with E-state index < -0.39 is 38.2 Å². The minimum atomic E-state index is -4.15. The van der Waals surface area contributed by atoms with E-state index in [0.717, 1.165) is 16.4 Å². The Morgan fingerprint density at radius 1 is 1.47 bits per heavy atom. The first-order valence-corrected chi connectivity index (χ1v) is 6.75. The molecule has 0 amide bonds. The Morgan fingerprint density at radius 2 is 2.05 bits per heavy atom. The second-order valence-corrected chi connectivity index (χ2v) is 6.10. The van der Waals surface area contributed by atoms with Gasteiger partial charge in [0, 0.05) is 13.6 Å². The van der Waals surface area contributed by atoms with Gasteiger partial charge in [-0.25, -0.2) is 17.2 Å². The average molecular weight is 289 g/mol. The number of hydrogen-bond acceptors (Lipinski definition) is 4. The Balaban J connectivity index is 3.22. The molecule has 0 spiro atoms. The number of anilines is 1. The molecule has 19 heavy (non-hydrogen) atoms. The van der Waals surface area contributed by atoms with E-state index in [1.165, 1.54) is 14.0 Å². The van der Waals surface area contributed by atoms with Crippen molar-refractivity contribution in [2.45, 2.75) is 11.8 Å². The van der Waals surface area contributed by atoms with Crippen LogP contribution in [0.1, 0.15) is 6.92 Å². The lowest BCUT2D eigenvalue weighted by Crippen LogP contribution is -2.31. The highest BCUT2D eigenvalue weighted by Gasteiger charge is 2.27. The van der Waals surface area contributed by atoms with E-state index >= 15 is 0 Å². The first kappa shape index (κ1) is 15.3. The molecule has 1 aromatic carbocycles. The van der Waals surface area contributed by atoms with E-state index in [9.17, 15) is 17.2 Å². The third kappa shape index (κ3) is 3.00. The van der Waals surface area contributed by atoms with Crippen LogP contribution >= 0.6 is 0 Å². The zero-order valence-electron chi connectivity index (χ0n) is 10.4.